The van der Waals surface area contributed by atoms with E-state index in [0.29, 0.717) is 0 Å². The third kappa shape index (κ3) is 3.51. The first-order valence-corrected chi connectivity index (χ1v) is 11.8. The lowest BCUT2D eigenvalue weighted by atomic mass is 9.98. The predicted octanol–water partition coefficient (Wildman–Crippen LogP) is 5.18. The molecule has 0 saturated heterocycles. The summed E-state index contributed by atoms with van der Waals surface area (Å²) in [7, 11) is 1.63. The lowest BCUT2D eigenvalue weighted by Gasteiger charge is -2.46. The second-order valence-electron chi connectivity index (χ2n) is 7.72. The van der Waals surface area contributed by atoms with Crippen molar-refractivity contribution in [3.8, 4) is 5.75 Å². The first-order chi connectivity index (χ1) is 16.6. The van der Waals surface area contributed by atoms with Gasteiger partial charge in [-0.3, -0.25) is 0 Å². The van der Waals surface area contributed by atoms with E-state index in [2.05, 4.69) is 6.07 Å². The van der Waals surface area contributed by atoms with Gasteiger partial charge in [0.1, 0.15) is 5.75 Å². The summed E-state index contributed by atoms with van der Waals surface area (Å²) in [5.74, 6) is 0.275. The number of hydrazone groups is 2. The number of nitrogens with zero attached hydrogens (tertiary/aromatic N) is 4. The average molecular weight is 473 g/mol. The summed E-state index contributed by atoms with van der Waals surface area (Å²) in [5.41, 5.74) is 4.53. The third-order valence-corrected chi connectivity index (χ3v) is 6.98. The van der Waals surface area contributed by atoms with Crippen LogP contribution in [0.15, 0.2) is 89.1 Å². The summed E-state index contributed by atoms with van der Waals surface area (Å²) in [6.45, 7) is 4.05. The Bertz CT molecular complexity index is 1280. The second-order valence-corrected chi connectivity index (χ2v) is 8.88. The van der Waals surface area contributed by atoms with Crippen LogP contribution in [0.5, 0.6) is 5.75 Å². The number of anilines is 2. The molecule has 7 nitrogen and oxygen atoms in total. The Morgan fingerprint density at radius 3 is 2.26 bits per heavy atom. The van der Waals surface area contributed by atoms with Gasteiger partial charge in [-0.2, -0.15) is 10.2 Å². The summed E-state index contributed by atoms with van der Waals surface area (Å²) in [5, 5.41) is 13.9. The van der Waals surface area contributed by atoms with Gasteiger partial charge < -0.3 is 9.47 Å². The number of esters is 1. The molecule has 0 radical (unpaired) electrons. The molecule has 1 atom stereocenters. The van der Waals surface area contributed by atoms with E-state index < -0.39 is 11.0 Å². The number of benzene rings is 3. The Morgan fingerprint density at radius 2 is 1.56 bits per heavy atom. The topological polar surface area (TPSA) is 66.7 Å². The van der Waals surface area contributed by atoms with Gasteiger partial charge in [-0.15, -0.1) is 0 Å². The minimum Gasteiger partial charge on any atom is -0.497 e. The van der Waals surface area contributed by atoms with Crippen LogP contribution in [0, 0.1) is 0 Å². The number of hydrogen-bond acceptors (Lipinski definition) is 8. The normalized spacial score (nSPS) is 18.9. The Kier molecular flexibility index (Phi) is 5.75. The fourth-order valence-corrected chi connectivity index (χ4v) is 5.45. The molecule has 2 aliphatic heterocycles. The van der Waals surface area contributed by atoms with Crippen LogP contribution in [0.1, 0.15) is 25.0 Å². The molecule has 3 aromatic rings. The van der Waals surface area contributed by atoms with Crippen molar-refractivity contribution in [1.29, 1.82) is 0 Å². The number of ether oxygens (including phenoxy) is 2. The number of thioether (sulfide) groups is 1. The van der Waals surface area contributed by atoms with Crippen molar-refractivity contribution in [3.05, 3.63) is 90.0 Å². The Morgan fingerprint density at radius 1 is 0.912 bits per heavy atom. The molecule has 0 N–H and O–H groups in total. The van der Waals surface area contributed by atoms with Crippen molar-refractivity contribution in [2.45, 2.75) is 18.8 Å². The van der Waals surface area contributed by atoms with E-state index in [9.17, 15) is 4.79 Å². The predicted molar refractivity (Wildman–Crippen MR) is 136 cm³/mol. The van der Waals surface area contributed by atoms with Crippen LogP contribution in [-0.4, -0.2) is 30.4 Å². The second kappa shape index (κ2) is 8.87. The summed E-state index contributed by atoms with van der Waals surface area (Å²) in [4.78, 5) is 11.9. The molecule has 0 fully saturated rings. The number of carbonyl (C=O) groups excluding carboxylic acids is 1. The van der Waals surface area contributed by atoms with E-state index in [1.807, 2.05) is 89.7 Å². The molecule has 5 rings (SSSR count). The van der Waals surface area contributed by atoms with Crippen LogP contribution in [0.25, 0.3) is 0 Å². The molecular weight excluding hydrogens is 448 g/mol. The summed E-state index contributed by atoms with van der Waals surface area (Å²) in [6, 6.07) is 25.6. The molecule has 3 aromatic carbocycles. The fraction of sp³-hybridized carbons (Fsp3) is 0.192. The first-order valence-electron chi connectivity index (χ1n) is 11.0. The maximum absolute atomic E-state index is 12.9. The molecule has 0 amide bonds. The molecule has 34 heavy (non-hydrogen) atoms. The van der Waals surface area contributed by atoms with Crippen LogP contribution < -0.4 is 14.8 Å². The fourth-order valence-electron chi connectivity index (χ4n) is 4.16. The molecule has 0 unspecified atom stereocenters. The van der Waals surface area contributed by atoms with Gasteiger partial charge in [0.05, 0.1) is 30.8 Å². The SMILES string of the molecule is CCOC(=O)C1=NN(c2ccc(OC)cc2)[C@@]2(S1)c1ccccc1C(C)=NN2c1ccccc1. The zero-order chi connectivity index (χ0) is 23.7. The van der Waals surface area contributed by atoms with Crippen LogP contribution in [-0.2, 0) is 14.5 Å². The highest BCUT2D eigenvalue weighted by Crippen LogP contribution is 2.54. The van der Waals surface area contributed by atoms with Crippen LogP contribution in [0.4, 0.5) is 11.4 Å². The van der Waals surface area contributed by atoms with Gasteiger partial charge >= 0.3 is 5.97 Å². The summed E-state index contributed by atoms with van der Waals surface area (Å²) < 4.78 is 10.7. The zero-order valence-electron chi connectivity index (χ0n) is 19.1. The smallest absolute Gasteiger partial charge is 0.365 e. The van der Waals surface area contributed by atoms with Gasteiger partial charge in [0.2, 0.25) is 10.0 Å². The van der Waals surface area contributed by atoms with Crippen molar-refractivity contribution < 1.29 is 14.3 Å². The van der Waals surface area contributed by atoms with Gasteiger partial charge in [-0.25, -0.2) is 14.8 Å². The molecule has 2 aliphatic rings. The lowest BCUT2D eigenvalue weighted by molar-refractivity contribution is -0.134. The number of para-hydroxylation sites is 1. The zero-order valence-corrected chi connectivity index (χ0v) is 20.0. The minimum absolute atomic E-state index is 0.267. The van der Waals surface area contributed by atoms with Crippen molar-refractivity contribution in [3.63, 3.8) is 0 Å². The maximum Gasteiger partial charge on any atom is 0.365 e. The molecule has 0 aromatic heterocycles. The van der Waals surface area contributed by atoms with E-state index in [0.717, 1.165) is 34.0 Å². The summed E-state index contributed by atoms with van der Waals surface area (Å²) in [6.07, 6.45) is 0. The molecule has 0 bridgehead atoms. The third-order valence-electron chi connectivity index (χ3n) is 5.69. The molecule has 8 heteroatoms. The minimum atomic E-state index is -0.978. The molecule has 172 valence electrons. The standard InChI is InChI=1S/C26H24N4O3S/c1-4-33-25(31)24-28-30(20-14-16-21(32-3)17-15-20)26(34-24)23-13-9-8-12-22(23)18(2)27-29(26)19-10-6-5-7-11-19/h5-17H,4H2,1-3H3/t26-/m1/s1. The molecule has 2 heterocycles. The number of fused-ring (bicyclic) bond motifs is 2. The maximum atomic E-state index is 12.9. The Labute approximate surface area is 202 Å². The highest BCUT2D eigenvalue weighted by Gasteiger charge is 2.56. The van der Waals surface area contributed by atoms with Gasteiger partial charge in [0.15, 0.2) is 0 Å². The van der Waals surface area contributed by atoms with Crippen molar-refractivity contribution in [2.24, 2.45) is 10.2 Å². The van der Waals surface area contributed by atoms with E-state index >= 15 is 0 Å². The van der Waals surface area contributed by atoms with Crippen LogP contribution >= 0.6 is 11.8 Å². The number of methoxy groups -OCH3 is 1. The Balaban J connectivity index is 1.76. The van der Waals surface area contributed by atoms with Gasteiger partial charge in [-0.1, -0.05) is 42.5 Å². The monoisotopic (exact) mass is 472 g/mol. The number of hydrogen-bond donors (Lipinski definition) is 0. The molecular formula is C26H24N4O3S. The Hall–Kier alpha value is -3.78. The van der Waals surface area contributed by atoms with Gasteiger partial charge in [-0.05, 0) is 62.0 Å². The van der Waals surface area contributed by atoms with Crippen LogP contribution in [0.2, 0.25) is 0 Å². The average Bonchev–Trinajstić information content (AvgIpc) is 3.28. The van der Waals surface area contributed by atoms with E-state index in [1.54, 1.807) is 14.0 Å². The van der Waals surface area contributed by atoms with E-state index in [4.69, 9.17) is 19.7 Å². The first kappa shape index (κ1) is 22.0. The highest BCUT2D eigenvalue weighted by molar-refractivity contribution is 8.16. The largest absolute Gasteiger partial charge is 0.497 e. The number of carbonyl (C=O) groups is 1. The number of rotatable bonds is 5. The van der Waals surface area contributed by atoms with Crippen molar-refractivity contribution >= 4 is 39.9 Å². The van der Waals surface area contributed by atoms with E-state index in [1.165, 1.54) is 11.8 Å². The van der Waals surface area contributed by atoms with E-state index in [-0.39, 0.29) is 11.7 Å². The van der Waals surface area contributed by atoms with Crippen LogP contribution in [0.3, 0.4) is 0 Å². The van der Waals surface area contributed by atoms with Crippen molar-refractivity contribution in [2.75, 3.05) is 23.7 Å². The molecule has 1 spiro atoms. The van der Waals surface area contributed by atoms with Gasteiger partial charge in [0.25, 0.3) is 0 Å². The van der Waals surface area contributed by atoms with Crippen molar-refractivity contribution in [1.82, 2.24) is 0 Å². The molecule has 0 aliphatic carbocycles. The summed E-state index contributed by atoms with van der Waals surface area (Å²) >= 11 is 1.33. The van der Waals surface area contributed by atoms with Gasteiger partial charge in [0, 0.05) is 11.1 Å². The highest BCUT2D eigenvalue weighted by atomic mass is 32.2. The lowest BCUT2D eigenvalue weighted by Crippen LogP contribution is -2.53. The quantitative estimate of drug-likeness (QED) is 0.477. The molecule has 0 saturated carbocycles.